The molecule has 8 aromatic carbocycles. The Morgan fingerprint density at radius 3 is 1.71 bits per heavy atom. The molecule has 2 heterocycles. The van der Waals surface area contributed by atoms with Gasteiger partial charge in [0.25, 0.3) is 0 Å². The number of anilines is 3. The van der Waals surface area contributed by atoms with Gasteiger partial charge in [0.15, 0.2) is 11.2 Å². The molecule has 10 rings (SSSR count). The Hall–Kier alpha value is -6.91. The van der Waals surface area contributed by atoms with Crippen LogP contribution in [-0.4, -0.2) is 4.98 Å². The predicted molar refractivity (Wildman–Crippen MR) is 210 cm³/mol. The van der Waals surface area contributed by atoms with Crippen LogP contribution in [0, 0.1) is 0 Å². The Labute approximate surface area is 294 Å². The van der Waals surface area contributed by atoms with E-state index in [9.17, 15) is 0 Å². The van der Waals surface area contributed by atoms with Gasteiger partial charge in [-0.25, -0.2) is 4.98 Å². The van der Waals surface area contributed by atoms with Gasteiger partial charge >= 0.3 is 0 Å². The number of para-hydroxylation sites is 1. The molecule has 240 valence electrons. The molecule has 0 saturated heterocycles. The third-order valence-electron chi connectivity index (χ3n) is 9.69. The van der Waals surface area contributed by atoms with Gasteiger partial charge in [0.05, 0.1) is 11.1 Å². The highest BCUT2D eigenvalue weighted by Crippen LogP contribution is 2.47. The summed E-state index contributed by atoms with van der Waals surface area (Å²) in [5.74, 6) is 0.567. The molecule has 0 fully saturated rings. The fourth-order valence-corrected chi connectivity index (χ4v) is 7.16. The second-order valence-corrected chi connectivity index (χ2v) is 12.8. The van der Waals surface area contributed by atoms with E-state index in [1.165, 1.54) is 16.5 Å². The SMILES string of the molecule is c1ccc(-c2ccc(-c3nc4cc(N(c5ccc(-c6ccccc6)cc5)c5ccc6ccccc6c5)c5oc6ccccc6c5c4o3)cc2)cc1. The molecule has 0 spiro atoms. The highest BCUT2D eigenvalue weighted by Gasteiger charge is 2.25. The van der Waals surface area contributed by atoms with Gasteiger partial charge in [-0.05, 0) is 81.6 Å². The van der Waals surface area contributed by atoms with E-state index in [0.29, 0.717) is 11.5 Å². The summed E-state index contributed by atoms with van der Waals surface area (Å²) in [5.41, 5.74) is 11.5. The zero-order valence-electron chi connectivity index (χ0n) is 27.5. The van der Waals surface area contributed by atoms with E-state index in [4.69, 9.17) is 13.8 Å². The van der Waals surface area contributed by atoms with Gasteiger partial charge in [-0.3, -0.25) is 0 Å². The summed E-state index contributed by atoms with van der Waals surface area (Å²) >= 11 is 0. The van der Waals surface area contributed by atoms with E-state index in [2.05, 4.69) is 157 Å². The van der Waals surface area contributed by atoms with Crippen molar-refractivity contribution in [2.24, 2.45) is 0 Å². The van der Waals surface area contributed by atoms with Gasteiger partial charge in [-0.1, -0.05) is 133 Å². The molecule has 0 N–H and O–H groups in total. The van der Waals surface area contributed by atoms with E-state index in [1.54, 1.807) is 0 Å². The van der Waals surface area contributed by atoms with Crippen molar-refractivity contribution >= 4 is 60.9 Å². The fraction of sp³-hybridized carbons (Fsp3) is 0. The number of rotatable bonds is 6. The third kappa shape index (κ3) is 5.04. The topological polar surface area (TPSA) is 42.4 Å². The van der Waals surface area contributed by atoms with Gasteiger partial charge in [0.1, 0.15) is 11.1 Å². The van der Waals surface area contributed by atoms with E-state index in [-0.39, 0.29) is 0 Å². The Morgan fingerprint density at radius 1 is 0.412 bits per heavy atom. The molecule has 51 heavy (non-hydrogen) atoms. The molecule has 0 aliphatic heterocycles. The maximum Gasteiger partial charge on any atom is 0.227 e. The van der Waals surface area contributed by atoms with Crippen LogP contribution in [0.4, 0.5) is 17.1 Å². The summed E-state index contributed by atoms with van der Waals surface area (Å²) in [5, 5.41) is 4.23. The number of benzene rings is 8. The lowest BCUT2D eigenvalue weighted by atomic mass is 10.0. The quantitative estimate of drug-likeness (QED) is 0.179. The monoisotopic (exact) mass is 654 g/mol. The minimum Gasteiger partial charge on any atom is -0.454 e. The summed E-state index contributed by atoms with van der Waals surface area (Å²) in [6, 6.07) is 63.3. The van der Waals surface area contributed by atoms with Crippen molar-refractivity contribution in [2.75, 3.05) is 4.90 Å². The van der Waals surface area contributed by atoms with Crippen LogP contribution in [0.1, 0.15) is 0 Å². The van der Waals surface area contributed by atoms with Gasteiger partial charge < -0.3 is 13.7 Å². The number of aromatic nitrogens is 1. The molecule has 4 heteroatoms. The number of nitrogens with zero attached hydrogens (tertiary/aromatic N) is 2. The summed E-state index contributed by atoms with van der Waals surface area (Å²) in [6.45, 7) is 0. The first-order valence-electron chi connectivity index (χ1n) is 17.1. The summed E-state index contributed by atoms with van der Waals surface area (Å²) in [4.78, 5) is 7.39. The van der Waals surface area contributed by atoms with Crippen LogP contribution in [0.15, 0.2) is 191 Å². The number of oxazole rings is 1. The molecule has 0 aliphatic rings. The van der Waals surface area contributed by atoms with Crippen LogP contribution < -0.4 is 4.90 Å². The molecule has 0 atom stereocenters. The number of hydrogen-bond donors (Lipinski definition) is 0. The summed E-state index contributed by atoms with van der Waals surface area (Å²) in [6.07, 6.45) is 0. The maximum atomic E-state index is 6.75. The molecule has 10 aromatic rings. The van der Waals surface area contributed by atoms with Crippen molar-refractivity contribution in [3.05, 3.63) is 182 Å². The van der Waals surface area contributed by atoms with E-state index >= 15 is 0 Å². The van der Waals surface area contributed by atoms with Gasteiger partial charge in [0.2, 0.25) is 5.89 Å². The molecule has 0 aliphatic carbocycles. The van der Waals surface area contributed by atoms with Crippen LogP contribution in [0.3, 0.4) is 0 Å². The zero-order valence-corrected chi connectivity index (χ0v) is 27.5. The van der Waals surface area contributed by atoms with Crippen molar-refractivity contribution < 1.29 is 8.83 Å². The number of furan rings is 1. The maximum absolute atomic E-state index is 6.75. The van der Waals surface area contributed by atoms with E-state index in [1.807, 2.05) is 30.3 Å². The molecule has 0 radical (unpaired) electrons. The van der Waals surface area contributed by atoms with Gasteiger partial charge in [0, 0.05) is 22.3 Å². The van der Waals surface area contributed by atoms with Crippen molar-refractivity contribution in [3.8, 4) is 33.7 Å². The fourth-order valence-electron chi connectivity index (χ4n) is 7.16. The molecule has 2 aromatic heterocycles. The molecule has 0 saturated carbocycles. The van der Waals surface area contributed by atoms with Gasteiger partial charge in [-0.15, -0.1) is 0 Å². The first-order valence-corrected chi connectivity index (χ1v) is 17.1. The Bertz CT molecular complexity index is 2840. The van der Waals surface area contributed by atoms with Crippen LogP contribution in [-0.2, 0) is 0 Å². The average Bonchev–Trinajstić information content (AvgIpc) is 3.81. The normalized spacial score (nSPS) is 11.5. The van der Waals surface area contributed by atoms with Crippen LogP contribution in [0.5, 0.6) is 0 Å². The van der Waals surface area contributed by atoms with Crippen molar-refractivity contribution in [1.82, 2.24) is 4.98 Å². The number of fused-ring (bicyclic) bond motifs is 6. The molecule has 0 bridgehead atoms. The minimum atomic E-state index is 0.567. The number of hydrogen-bond acceptors (Lipinski definition) is 4. The minimum absolute atomic E-state index is 0.567. The molecular weight excluding hydrogens is 625 g/mol. The highest BCUT2D eigenvalue weighted by molar-refractivity contribution is 6.21. The molecule has 0 amide bonds. The first kappa shape index (κ1) is 29.0. The predicted octanol–water partition coefficient (Wildman–Crippen LogP) is 13.4. The van der Waals surface area contributed by atoms with Crippen LogP contribution in [0.2, 0.25) is 0 Å². The Balaban J connectivity index is 1.19. The Morgan fingerprint density at radius 2 is 0.980 bits per heavy atom. The van der Waals surface area contributed by atoms with Crippen molar-refractivity contribution in [2.45, 2.75) is 0 Å². The van der Waals surface area contributed by atoms with E-state index < -0.39 is 0 Å². The highest BCUT2D eigenvalue weighted by atomic mass is 16.4. The lowest BCUT2D eigenvalue weighted by molar-refractivity contribution is 0.622. The molecular formula is C47H30N2O2. The van der Waals surface area contributed by atoms with E-state index in [0.717, 1.165) is 66.6 Å². The third-order valence-corrected chi connectivity index (χ3v) is 9.69. The summed E-state index contributed by atoms with van der Waals surface area (Å²) < 4.78 is 13.4. The average molecular weight is 655 g/mol. The Kier molecular flexibility index (Phi) is 6.78. The lowest BCUT2D eigenvalue weighted by Crippen LogP contribution is -2.10. The second kappa shape index (κ2) is 11.9. The standard InChI is InChI=1S/C47H30N2O2/c1-3-11-31(12-4-1)34-19-21-36(22-20-34)47-48-41-30-42(46-44(45(41)51-47)40-17-9-10-18-43(40)50-46)49(39-28-25-33-15-7-8-16-37(33)29-39)38-26-23-35(24-27-38)32-13-5-2-6-14-32/h1-30H. The van der Waals surface area contributed by atoms with Crippen molar-refractivity contribution in [3.63, 3.8) is 0 Å². The van der Waals surface area contributed by atoms with Crippen LogP contribution >= 0.6 is 0 Å². The largest absolute Gasteiger partial charge is 0.454 e. The lowest BCUT2D eigenvalue weighted by Gasteiger charge is -2.26. The van der Waals surface area contributed by atoms with Gasteiger partial charge in [-0.2, -0.15) is 0 Å². The smallest absolute Gasteiger partial charge is 0.227 e. The summed E-state index contributed by atoms with van der Waals surface area (Å²) in [7, 11) is 0. The molecule has 4 nitrogen and oxygen atoms in total. The van der Waals surface area contributed by atoms with Crippen molar-refractivity contribution in [1.29, 1.82) is 0 Å². The zero-order chi connectivity index (χ0) is 33.7. The molecule has 0 unspecified atom stereocenters. The van der Waals surface area contributed by atoms with Crippen LogP contribution in [0.25, 0.3) is 77.5 Å². The first-order chi connectivity index (χ1) is 25.3. The second-order valence-electron chi connectivity index (χ2n) is 12.8.